The van der Waals surface area contributed by atoms with Crippen molar-refractivity contribution in [1.29, 1.82) is 0 Å². The molecule has 1 aromatic heterocycles. The average Bonchev–Trinajstić information content (AvgIpc) is 2.62. The fourth-order valence-electron chi connectivity index (χ4n) is 2.24. The van der Waals surface area contributed by atoms with Gasteiger partial charge < -0.3 is 20.5 Å². The van der Waals surface area contributed by atoms with E-state index in [9.17, 15) is 4.79 Å². The van der Waals surface area contributed by atoms with Crippen LogP contribution in [0.3, 0.4) is 0 Å². The van der Waals surface area contributed by atoms with Gasteiger partial charge in [0.05, 0.1) is 13.7 Å². The third-order valence-electron chi connectivity index (χ3n) is 3.57. The molecule has 1 atom stereocenters. The number of aromatic nitrogens is 1. The Balaban J connectivity index is 0.00000312. The zero-order valence-corrected chi connectivity index (χ0v) is 16.4. The first-order valence-corrected chi connectivity index (χ1v) is 7.81. The highest BCUT2D eigenvalue weighted by molar-refractivity contribution is 5.85. The normalized spacial score (nSPS) is 10.7. The lowest BCUT2D eigenvalue weighted by atomic mass is 10.1. The Hall–Kier alpha value is -2.02. The highest BCUT2D eigenvalue weighted by Gasteiger charge is 2.14. The second kappa shape index (κ2) is 12.4. The first kappa shape index (κ1) is 24.0. The standard InChI is InChI=1S/C18H23N3O3.2ClH/c1-20-17-5-3-4-14(21-17)10-11-24-15-8-6-13(7-9-15)12-16(19)18(22)23-2;;/h3-9,16H,10-12,19H2,1-2H3,(H,20,21);2*1H/t16-;;/m0../s1. The van der Waals surface area contributed by atoms with Crippen LogP contribution in [-0.2, 0) is 22.4 Å². The lowest BCUT2D eigenvalue weighted by Gasteiger charge is -2.10. The second-order valence-electron chi connectivity index (χ2n) is 5.34. The number of ether oxygens (including phenoxy) is 2. The molecular weight excluding hydrogens is 377 g/mol. The largest absolute Gasteiger partial charge is 0.493 e. The first-order chi connectivity index (χ1) is 11.6. The molecule has 8 heteroatoms. The highest BCUT2D eigenvalue weighted by Crippen LogP contribution is 2.14. The minimum absolute atomic E-state index is 0. The van der Waals surface area contributed by atoms with E-state index >= 15 is 0 Å². The number of hydrogen-bond donors (Lipinski definition) is 2. The molecular formula is C18H25Cl2N3O3. The van der Waals surface area contributed by atoms with Crippen LogP contribution in [0.25, 0.3) is 0 Å². The van der Waals surface area contributed by atoms with Gasteiger partial charge in [-0.3, -0.25) is 4.79 Å². The van der Waals surface area contributed by atoms with Crippen molar-refractivity contribution in [2.45, 2.75) is 18.9 Å². The van der Waals surface area contributed by atoms with Gasteiger partial charge in [-0.25, -0.2) is 4.98 Å². The fourth-order valence-corrected chi connectivity index (χ4v) is 2.24. The zero-order valence-electron chi connectivity index (χ0n) is 14.8. The maximum Gasteiger partial charge on any atom is 0.322 e. The third-order valence-corrected chi connectivity index (χ3v) is 3.57. The number of methoxy groups -OCH3 is 1. The Labute approximate surface area is 166 Å². The zero-order chi connectivity index (χ0) is 17.4. The Morgan fingerprint density at radius 1 is 1.19 bits per heavy atom. The molecule has 144 valence electrons. The summed E-state index contributed by atoms with van der Waals surface area (Å²) in [4.78, 5) is 15.8. The van der Waals surface area contributed by atoms with Crippen molar-refractivity contribution in [3.05, 3.63) is 53.7 Å². The summed E-state index contributed by atoms with van der Waals surface area (Å²) in [6.07, 6.45) is 1.16. The molecule has 0 bridgehead atoms. The van der Waals surface area contributed by atoms with Gasteiger partial charge in [-0.05, 0) is 36.2 Å². The molecule has 2 aromatic rings. The lowest BCUT2D eigenvalue weighted by molar-refractivity contribution is -0.142. The maximum absolute atomic E-state index is 11.3. The molecule has 0 spiro atoms. The molecule has 0 unspecified atom stereocenters. The monoisotopic (exact) mass is 401 g/mol. The first-order valence-electron chi connectivity index (χ1n) is 7.81. The van der Waals surface area contributed by atoms with Gasteiger partial charge in [0, 0.05) is 19.2 Å². The summed E-state index contributed by atoms with van der Waals surface area (Å²) in [5, 5.41) is 3.01. The van der Waals surface area contributed by atoms with Crippen LogP contribution in [0.4, 0.5) is 5.82 Å². The van der Waals surface area contributed by atoms with E-state index in [1.807, 2.05) is 49.5 Å². The van der Waals surface area contributed by atoms with Crippen LogP contribution in [-0.4, -0.2) is 37.8 Å². The molecule has 0 saturated heterocycles. The number of rotatable bonds is 8. The molecule has 0 saturated carbocycles. The van der Waals surface area contributed by atoms with E-state index in [0.29, 0.717) is 13.0 Å². The van der Waals surface area contributed by atoms with Crippen LogP contribution >= 0.6 is 24.8 Å². The molecule has 26 heavy (non-hydrogen) atoms. The summed E-state index contributed by atoms with van der Waals surface area (Å²) < 4.78 is 10.3. The molecule has 0 fully saturated rings. The number of halogens is 2. The van der Waals surface area contributed by atoms with E-state index in [2.05, 4.69) is 15.0 Å². The minimum Gasteiger partial charge on any atom is -0.493 e. The molecule has 0 amide bonds. The number of nitrogens with one attached hydrogen (secondary N) is 1. The number of hydrogen-bond acceptors (Lipinski definition) is 6. The van der Waals surface area contributed by atoms with Crippen LogP contribution in [0.15, 0.2) is 42.5 Å². The summed E-state index contributed by atoms with van der Waals surface area (Å²) in [5.41, 5.74) is 7.68. The van der Waals surface area contributed by atoms with Gasteiger partial charge in [0.1, 0.15) is 17.6 Å². The van der Waals surface area contributed by atoms with Gasteiger partial charge in [0.15, 0.2) is 0 Å². The van der Waals surface area contributed by atoms with Crippen LogP contribution in [0.2, 0.25) is 0 Å². The van der Waals surface area contributed by atoms with Crippen molar-refractivity contribution < 1.29 is 14.3 Å². The summed E-state index contributed by atoms with van der Waals surface area (Å²) in [7, 11) is 3.18. The number of carbonyl (C=O) groups excluding carboxylic acids is 1. The van der Waals surface area contributed by atoms with Crippen LogP contribution < -0.4 is 15.8 Å². The fraction of sp³-hybridized carbons (Fsp3) is 0.333. The smallest absolute Gasteiger partial charge is 0.322 e. The Bertz CT molecular complexity index is 669. The summed E-state index contributed by atoms with van der Waals surface area (Å²) in [6.45, 7) is 0.543. The predicted octanol–water partition coefficient (Wildman–Crippen LogP) is 2.63. The van der Waals surface area contributed by atoms with Crippen LogP contribution in [0, 0.1) is 0 Å². The van der Waals surface area contributed by atoms with E-state index in [4.69, 9.17) is 10.5 Å². The van der Waals surface area contributed by atoms with Crippen molar-refractivity contribution >= 4 is 36.6 Å². The van der Waals surface area contributed by atoms with E-state index in [1.54, 1.807) is 0 Å². The van der Waals surface area contributed by atoms with E-state index < -0.39 is 12.0 Å². The van der Waals surface area contributed by atoms with Crippen LogP contribution in [0.1, 0.15) is 11.3 Å². The number of pyridine rings is 1. The molecule has 0 radical (unpaired) electrons. The van der Waals surface area contributed by atoms with Crippen molar-refractivity contribution in [2.75, 3.05) is 26.1 Å². The third kappa shape index (κ3) is 7.47. The maximum atomic E-state index is 11.3. The van der Waals surface area contributed by atoms with Crippen LogP contribution in [0.5, 0.6) is 5.75 Å². The Morgan fingerprint density at radius 2 is 1.88 bits per heavy atom. The number of carbonyl (C=O) groups is 1. The molecule has 0 aliphatic rings. The molecule has 0 aliphatic heterocycles. The topological polar surface area (TPSA) is 86.5 Å². The van der Waals surface area contributed by atoms with Crippen molar-refractivity contribution in [3.63, 3.8) is 0 Å². The number of esters is 1. The molecule has 1 aromatic carbocycles. The van der Waals surface area contributed by atoms with E-state index in [1.165, 1.54) is 7.11 Å². The van der Waals surface area contributed by atoms with Gasteiger partial charge in [-0.15, -0.1) is 24.8 Å². The molecule has 1 heterocycles. The van der Waals surface area contributed by atoms with E-state index in [-0.39, 0.29) is 24.8 Å². The summed E-state index contributed by atoms with van der Waals surface area (Å²) >= 11 is 0. The number of anilines is 1. The lowest BCUT2D eigenvalue weighted by Crippen LogP contribution is -2.33. The van der Waals surface area contributed by atoms with Gasteiger partial charge in [-0.1, -0.05) is 18.2 Å². The summed E-state index contributed by atoms with van der Waals surface area (Å²) in [5.74, 6) is 1.21. The van der Waals surface area contributed by atoms with Crippen molar-refractivity contribution in [3.8, 4) is 5.75 Å². The van der Waals surface area contributed by atoms with Crippen molar-refractivity contribution in [1.82, 2.24) is 4.98 Å². The average molecular weight is 402 g/mol. The number of benzene rings is 1. The molecule has 2 rings (SSSR count). The summed E-state index contributed by atoms with van der Waals surface area (Å²) in [6, 6.07) is 12.8. The van der Waals surface area contributed by atoms with E-state index in [0.717, 1.165) is 29.2 Å². The van der Waals surface area contributed by atoms with Gasteiger partial charge >= 0.3 is 5.97 Å². The van der Waals surface area contributed by atoms with Crippen molar-refractivity contribution in [2.24, 2.45) is 5.73 Å². The van der Waals surface area contributed by atoms with Gasteiger partial charge in [0.25, 0.3) is 0 Å². The highest BCUT2D eigenvalue weighted by atomic mass is 35.5. The van der Waals surface area contributed by atoms with Gasteiger partial charge in [-0.2, -0.15) is 0 Å². The SMILES string of the molecule is CNc1cccc(CCOc2ccc(C[C@H](N)C(=O)OC)cc2)n1.Cl.Cl. The minimum atomic E-state index is -0.646. The second-order valence-corrected chi connectivity index (χ2v) is 5.34. The van der Waals surface area contributed by atoms with Gasteiger partial charge in [0.2, 0.25) is 0 Å². The predicted molar refractivity (Wildman–Crippen MR) is 108 cm³/mol. The number of nitrogens with zero attached hydrogens (tertiary/aromatic N) is 1. The molecule has 0 aliphatic carbocycles. The quantitative estimate of drug-likeness (QED) is 0.661. The molecule has 6 nitrogen and oxygen atoms in total. The molecule has 3 N–H and O–H groups in total. The Kier molecular flexibility index (Phi) is 11.4. The Morgan fingerprint density at radius 3 is 2.50 bits per heavy atom. The number of nitrogens with two attached hydrogens (primary N) is 1.